The van der Waals surface area contributed by atoms with Gasteiger partial charge in [-0.05, 0) is 55.3 Å². The third-order valence-electron chi connectivity index (χ3n) is 4.93. The number of ether oxygens (including phenoxy) is 2. The molecule has 0 aliphatic heterocycles. The molecule has 3 aromatic rings. The minimum atomic E-state index is -0.965. The molecular formula is C25H22N4O7. The molecule has 0 fully saturated rings. The van der Waals surface area contributed by atoms with Gasteiger partial charge in [-0.15, -0.1) is 0 Å². The maximum absolute atomic E-state index is 12.5. The fraction of sp³-hybridized carbons (Fsp3) is 0.120. The van der Waals surface area contributed by atoms with Crippen molar-refractivity contribution in [2.24, 2.45) is 5.10 Å². The quantitative estimate of drug-likeness (QED) is 0.128. The molecule has 0 atom stereocenters. The highest BCUT2D eigenvalue weighted by Crippen LogP contribution is 2.29. The second kappa shape index (κ2) is 11.4. The number of carbonyl (C=O) groups is 3. The zero-order valence-corrected chi connectivity index (χ0v) is 19.6. The molecule has 0 unspecified atom stereocenters. The standard InChI is InChI=1S/C25H22N4O7/c1-15-8-10-19(16(2)12-15)27-23(30)24(31)28-26-14-17-9-11-21(22(13-17)35-3)36-25(32)18-6-4-5-7-20(18)29(33)34/h4-14H,1-3H3,(H,27,30)(H,28,31)/b26-14+. The Morgan fingerprint density at radius 1 is 0.972 bits per heavy atom. The largest absolute Gasteiger partial charge is 0.493 e. The number of amides is 2. The first kappa shape index (κ1) is 25.6. The van der Waals surface area contributed by atoms with E-state index >= 15 is 0 Å². The Labute approximate surface area is 205 Å². The zero-order valence-electron chi connectivity index (χ0n) is 19.6. The van der Waals surface area contributed by atoms with Gasteiger partial charge in [0, 0.05) is 11.8 Å². The third kappa shape index (κ3) is 6.29. The van der Waals surface area contributed by atoms with Gasteiger partial charge >= 0.3 is 17.8 Å². The monoisotopic (exact) mass is 490 g/mol. The number of anilines is 1. The molecule has 11 heteroatoms. The van der Waals surface area contributed by atoms with Crippen LogP contribution in [0.25, 0.3) is 0 Å². The Balaban J connectivity index is 1.65. The van der Waals surface area contributed by atoms with Crippen LogP contribution in [-0.2, 0) is 9.59 Å². The normalized spacial score (nSPS) is 10.5. The molecule has 3 aromatic carbocycles. The highest BCUT2D eigenvalue weighted by atomic mass is 16.6. The maximum Gasteiger partial charge on any atom is 0.350 e. The van der Waals surface area contributed by atoms with E-state index in [0.717, 1.165) is 11.1 Å². The van der Waals surface area contributed by atoms with Gasteiger partial charge < -0.3 is 14.8 Å². The van der Waals surface area contributed by atoms with Gasteiger partial charge in [-0.2, -0.15) is 5.10 Å². The van der Waals surface area contributed by atoms with Crippen molar-refractivity contribution in [3.05, 3.63) is 93.0 Å². The zero-order chi connectivity index (χ0) is 26.2. The fourth-order valence-electron chi connectivity index (χ4n) is 3.16. The van der Waals surface area contributed by atoms with Crippen molar-refractivity contribution >= 4 is 35.4 Å². The van der Waals surface area contributed by atoms with Crippen LogP contribution in [0, 0.1) is 24.0 Å². The van der Waals surface area contributed by atoms with E-state index < -0.39 is 22.7 Å². The number of hydrazone groups is 1. The second-order valence-electron chi connectivity index (χ2n) is 7.55. The van der Waals surface area contributed by atoms with Crippen molar-refractivity contribution in [2.45, 2.75) is 13.8 Å². The second-order valence-corrected chi connectivity index (χ2v) is 7.55. The molecule has 2 amide bonds. The summed E-state index contributed by atoms with van der Waals surface area (Å²) in [6.07, 6.45) is 1.26. The van der Waals surface area contributed by atoms with Crippen LogP contribution in [0.4, 0.5) is 11.4 Å². The lowest BCUT2D eigenvalue weighted by molar-refractivity contribution is -0.385. The summed E-state index contributed by atoms with van der Waals surface area (Å²) < 4.78 is 10.5. The summed E-state index contributed by atoms with van der Waals surface area (Å²) in [5, 5.41) is 17.4. The third-order valence-corrected chi connectivity index (χ3v) is 4.93. The molecule has 0 aliphatic rings. The number of methoxy groups -OCH3 is 1. The number of aryl methyl sites for hydroxylation is 2. The first-order valence-electron chi connectivity index (χ1n) is 10.5. The molecule has 36 heavy (non-hydrogen) atoms. The van der Waals surface area contributed by atoms with Gasteiger partial charge in [-0.25, -0.2) is 10.2 Å². The van der Waals surface area contributed by atoms with Crippen LogP contribution in [-0.4, -0.2) is 36.0 Å². The van der Waals surface area contributed by atoms with Crippen molar-refractivity contribution in [1.82, 2.24) is 5.43 Å². The molecule has 2 N–H and O–H groups in total. The van der Waals surface area contributed by atoms with Crippen LogP contribution in [0.2, 0.25) is 0 Å². The smallest absolute Gasteiger partial charge is 0.350 e. The summed E-state index contributed by atoms with van der Waals surface area (Å²) in [6, 6.07) is 15.2. The van der Waals surface area contributed by atoms with Gasteiger partial charge in [-0.1, -0.05) is 29.8 Å². The number of nitrogens with zero attached hydrogens (tertiary/aromatic N) is 2. The van der Waals surface area contributed by atoms with Crippen molar-refractivity contribution in [3.63, 3.8) is 0 Å². The van der Waals surface area contributed by atoms with E-state index in [4.69, 9.17) is 9.47 Å². The Bertz CT molecular complexity index is 1370. The van der Waals surface area contributed by atoms with Crippen LogP contribution in [0.1, 0.15) is 27.0 Å². The Kier molecular flexibility index (Phi) is 8.08. The number of nitro benzene ring substituents is 1. The van der Waals surface area contributed by atoms with Crippen molar-refractivity contribution in [3.8, 4) is 11.5 Å². The highest BCUT2D eigenvalue weighted by Gasteiger charge is 2.22. The fourth-order valence-corrected chi connectivity index (χ4v) is 3.16. The van der Waals surface area contributed by atoms with Gasteiger partial charge in [0.2, 0.25) is 0 Å². The minimum Gasteiger partial charge on any atom is -0.493 e. The van der Waals surface area contributed by atoms with Gasteiger partial charge in [0.15, 0.2) is 11.5 Å². The summed E-state index contributed by atoms with van der Waals surface area (Å²) in [4.78, 5) is 47.1. The minimum absolute atomic E-state index is 0.0229. The van der Waals surface area contributed by atoms with Crippen LogP contribution < -0.4 is 20.2 Å². The molecular weight excluding hydrogens is 468 g/mol. The van der Waals surface area contributed by atoms with E-state index in [-0.39, 0.29) is 22.7 Å². The molecule has 0 heterocycles. The predicted molar refractivity (Wildman–Crippen MR) is 131 cm³/mol. The maximum atomic E-state index is 12.5. The SMILES string of the molecule is COc1cc(/C=N/NC(=O)C(=O)Nc2ccc(C)cc2C)ccc1OC(=O)c1ccccc1[N+](=O)[O-]. The molecule has 0 bridgehead atoms. The first-order chi connectivity index (χ1) is 17.2. The molecule has 3 rings (SSSR count). The van der Waals surface area contributed by atoms with Crippen LogP contribution in [0.5, 0.6) is 11.5 Å². The van der Waals surface area contributed by atoms with Gasteiger partial charge in [0.1, 0.15) is 5.56 Å². The molecule has 0 saturated carbocycles. The molecule has 0 radical (unpaired) electrons. The van der Waals surface area contributed by atoms with Crippen LogP contribution in [0.3, 0.4) is 0 Å². The highest BCUT2D eigenvalue weighted by molar-refractivity contribution is 6.39. The summed E-state index contributed by atoms with van der Waals surface area (Å²) in [7, 11) is 1.34. The average Bonchev–Trinajstić information content (AvgIpc) is 2.86. The summed E-state index contributed by atoms with van der Waals surface area (Å²) in [5.41, 5.74) is 4.34. The van der Waals surface area contributed by atoms with E-state index in [1.165, 1.54) is 55.8 Å². The van der Waals surface area contributed by atoms with E-state index in [0.29, 0.717) is 11.3 Å². The molecule has 0 aromatic heterocycles. The Morgan fingerprint density at radius 3 is 2.42 bits per heavy atom. The number of hydrogen-bond acceptors (Lipinski definition) is 8. The van der Waals surface area contributed by atoms with Gasteiger partial charge in [0.05, 0.1) is 18.2 Å². The van der Waals surface area contributed by atoms with E-state index in [2.05, 4.69) is 15.8 Å². The lowest BCUT2D eigenvalue weighted by Crippen LogP contribution is -2.32. The van der Waals surface area contributed by atoms with Gasteiger partial charge in [0.25, 0.3) is 5.69 Å². The predicted octanol–water partition coefficient (Wildman–Crippen LogP) is 3.53. The first-order valence-corrected chi connectivity index (χ1v) is 10.5. The van der Waals surface area contributed by atoms with Gasteiger partial charge in [-0.3, -0.25) is 19.7 Å². The summed E-state index contributed by atoms with van der Waals surface area (Å²) in [6.45, 7) is 3.73. The molecule has 11 nitrogen and oxygen atoms in total. The van der Waals surface area contributed by atoms with Crippen LogP contribution in [0.15, 0.2) is 65.8 Å². The van der Waals surface area contributed by atoms with Crippen molar-refractivity contribution in [2.75, 3.05) is 12.4 Å². The molecule has 0 aliphatic carbocycles. The summed E-state index contributed by atoms with van der Waals surface area (Å²) >= 11 is 0. The van der Waals surface area contributed by atoms with E-state index in [1.807, 2.05) is 26.0 Å². The number of nitro groups is 1. The number of carbonyl (C=O) groups excluding carboxylic acids is 3. The number of hydrogen-bond donors (Lipinski definition) is 2. The lowest BCUT2D eigenvalue weighted by atomic mass is 10.1. The van der Waals surface area contributed by atoms with E-state index in [1.54, 1.807) is 6.07 Å². The molecule has 0 saturated heterocycles. The average molecular weight is 490 g/mol. The Morgan fingerprint density at radius 2 is 1.72 bits per heavy atom. The number of rotatable bonds is 7. The Hall–Kier alpha value is -5.06. The molecule has 0 spiro atoms. The topological polar surface area (TPSA) is 149 Å². The van der Waals surface area contributed by atoms with Crippen LogP contribution >= 0.6 is 0 Å². The number of benzene rings is 3. The number of nitrogens with one attached hydrogen (secondary N) is 2. The number of esters is 1. The lowest BCUT2D eigenvalue weighted by Gasteiger charge is -2.10. The summed E-state index contributed by atoms with van der Waals surface area (Å²) in [5.74, 6) is -2.61. The van der Waals surface area contributed by atoms with Crippen molar-refractivity contribution in [1.29, 1.82) is 0 Å². The van der Waals surface area contributed by atoms with E-state index in [9.17, 15) is 24.5 Å². The molecule has 184 valence electrons. The van der Waals surface area contributed by atoms with Crippen molar-refractivity contribution < 1.29 is 28.8 Å². The number of para-hydroxylation sites is 1.